The van der Waals surface area contributed by atoms with Crippen LogP contribution in [0.1, 0.15) is 53.7 Å². The number of nitrogens with zero attached hydrogens (tertiary/aromatic N) is 6. The molecule has 0 radical (unpaired) electrons. The molecule has 0 spiro atoms. The Morgan fingerprint density at radius 1 is 1.02 bits per heavy atom. The van der Waals surface area contributed by atoms with Crippen LogP contribution in [0.25, 0.3) is 22.5 Å². The third-order valence-electron chi connectivity index (χ3n) is 8.81. The summed E-state index contributed by atoms with van der Waals surface area (Å²) < 4.78 is 18.7. The van der Waals surface area contributed by atoms with E-state index in [4.69, 9.17) is 39.8 Å². The lowest BCUT2D eigenvalue weighted by Crippen LogP contribution is -2.30. The van der Waals surface area contributed by atoms with Crippen molar-refractivity contribution in [3.05, 3.63) is 109 Å². The zero-order valence-electron chi connectivity index (χ0n) is 22.1. The number of rotatable bonds is 4. The first-order valence-electron chi connectivity index (χ1n) is 13.7. The number of aliphatic imine (C=N–C) groups is 1. The lowest BCUT2D eigenvalue weighted by atomic mass is 9.86. The van der Waals surface area contributed by atoms with Crippen LogP contribution < -0.4 is 5.56 Å². The minimum absolute atomic E-state index is 0.0985. The molecule has 0 bridgehead atoms. The lowest BCUT2D eigenvalue weighted by molar-refractivity contribution is 0.572. The zero-order valence-corrected chi connectivity index (χ0v) is 24.4. The van der Waals surface area contributed by atoms with Crippen molar-refractivity contribution in [1.82, 2.24) is 24.5 Å². The third-order valence-corrected chi connectivity index (χ3v) is 9.65. The molecule has 3 unspecified atom stereocenters. The summed E-state index contributed by atoms with van der Waals surface area (Å²) in [4.78, 5) is 23.0. The fourth-order valence-corrected chi connectivity index (χ4v) is 7.46. The summed E-state index contributed by atoms with van der Waals surface area (Å²) in [5, 5.41) is 9.25. The molecule has 0 saturated heterocycles. The van der Waals surface area contributed by atoms with Crippen LogP contribution in [0.4, 0.5) is 4.39 Å². The van der Waals surface area contributed by atoms with Gasteiger partial charge in [-0.3, -0.25) is 9.36 Å². The second kappa shape index (κ2) is 9.46. The van der Waals surface area contributed by atoms with E-state index in [1.54, 1.807) is 29.0 Å². The van der Waals surface area contributed by atoms with Crippen LogP contribution in [0.5, 0.6) is 0 Å². The summed E-state index contributed by atoms with van der Waals surface area (Å²) >= 11 is 19.2. The van der Waals surface area contributed by atoms with Gasteiger partial charge in [0.2, 0.25) is 5.95 Å². The highest BCUT2D eigenvalue weighted by Crippen LogP contribution is 2.60. The summed E-state index contributed by atoms with van der Waals surface area (Å²) in [5.74, 6) is 0.384. The summed E-state index contributed by atoms with van der Waals surface area (Å²) in [7, 11) is 0. The first-order valence-corrected chi connectivity index (χ1v) is 14.8. The van der Waals surface area contributed by atoms with E-state index in [1.807, 2.05) is 12.1 Å². The number of allylic oxidation sites excluding steroid dienone is 2. The van der Waals surface area contributed by atoms with Crippen molar-refractivity contribution in [3.63, 3.8) is 0 Å². The van der Waals surface area contributed by atoms with Gasteiger partial charge < -0.3 is 0 Å². The molecule has 42 heavy (non-hydrogen) atoms. The van der Waals surface area contributed by atoms with Crippen LogP contribution in [0, 0.1) is 5.92 Å². The monoisotopic (exact) mass is 618 g/mol. The highest BCUT2D eigenvalue weighted by atomic mass is 35.5. The van der Waals surface area contributed by atoms with Crippen LogP contribution in [0.15, 0.2) is 70.5 Å². The standard InChI is InChI=1S/C31H22Cl3FN6O/c1-14-2-5-17-15(8-14)3-6-18(28(17)34)20-11-24(36-30(20)35)29-19-10-21(19)31-37-23(12-27(42)41(29)31)22-9-16(32)4-7-25(22)40-13-26(33)38-39-40/h3-4,6-7,9,12-13,19,21,29H,1-2,5,8,10-11H2. The molecule has 3 atom stereocenters. The average molecular weight is 620 g/mol. The van der Waals surface area contributed by atoms with Crippen molar-refractivity contribution >= 4 is 46.1 Å². The van der Waals surface area contributed by atoms with Crippen molar-refractivity contribution in [1.29, 1.82) is 0 Å². The van der Waals surface area contributed by atoms with Crippen molar-refractivity contribution in [2.45, 2.75) is 44.1 Å². The molecule has 2 aromatic heterocycles. The lowest BCUT2D eigenvalue weighted by Gasteiger charge is -2.22. The summed E-state index contributed by atoms with van der Waals surface area (Å²) in [6, 6.07) is 10.3. The minimum atomic E-state index is -0.537. The molecule has 0 amide bonds. The zero-order chi connectivity index (χ0) is 28.9. The maximum atomic E-state index is 15.5. The molecule has 11 heteroatoms. The van der Waals surface area contributed by atoms with Crippen LogP contribution in [-0.4, -0.2) is 30.3 Å². The van der Waals surface area contributed by atoms with E-state index in [2.05, 4.69) is 21.9 Å². The van der Waals surface area contributed by atoms with Crippen LogP contribution >= 0.6 is 34.8 Å². The van der Waals surface area contributed by atoms with Gasteiger partial charge in [0.1, 0.15) is 5.82 Å². The van der Waals surface area contributed by atoms with Crippen molar-refractivity contribution in [2.24, 2.45) is 10.9 Å². The molecular formula is C31H22Cl3FN6O. The first kappa shape index (κ1) is 26.1. The summed E-state index contributed by atoms with van der Waals surface area (Å²) in [6.45, 7) is 4.11. The Balaban J connectivity index is 1.14. The molecule has 4 heterocycles. The number of aromatic nitrogens is 5. The molecule has 8 rings (SSSR count). The highest BCUT2D eigenvalue weighted by molar-refractivity contribution is 6.33. The first-order chi connectivity index (χ1) is 20.3. The van der Waals surface area contributed by atoms with Gasteiger partial charge in [0.15, 0.2) is 5.15 Å². The van der Waals surface area contributed by atoms with Crippen LogP contribution in [0.3, 0.4) is 0 Å². The maximum Gasteiger partial charge on any atom is 0.254 e. The molecular weight excluding hydrogens is 598 g/mol. The van der Waals surface area contributed by atoms with Crippen molar-refractivity contribution in [2.75, 3.05) is 0 Å². The fraction of sp³-hybridized carbons (Fsp3) is 0.258. The van der Waals surface area contributed by atoms with Crippen molar-refractivity contribution < 1.29 is 4.39 Å². The molecule has 4 aliphatic rings. The van der Waals surface area contributed by atoms with Gasteiger partial charge in [0, 0.05) is 45.8 Å². The second-order valence-electron chi connectivity index (χ2n) is 11.3. The fourth-order valence-electron chi connectivity index (χ4n) is 6.76. The number of hydrogen-bond donors (Lipinski definition) is 0. The van der Waals surface area contributed by atoms with E-state index in [9.17, 15) is 4.79 Å². The SMILES string of the molecule is C=C1CCc2c(ccc(C3=C(F)N=C(C4C5CC5c5nc(-c6cc(Cl)ccc6-n6cc(Cl)nn6)cc(=O)n54)C3)c2Cl)C1. The Morgan fingerprint density at radius 2 is 1.88 bits per heavy atom. The number of benzene rings is 2. The predicted octanol–water partition coefficient (Wildman–Crippen LogP) is 7.34. The highest BCUT2D eigenvalue weighted by Gasteiger charge is 2.56. The van der Waals surface area contributed by atoms with Gasteiger partial charge in [0.05, 0.1) is 28.6 Å². The van der Waals surface area contributed by atoms with Crippen LogP contribution in [-0.2, 0) is 12.8 Å². The smallest absolute Gasteiger partial charge is 0.254 e. The molecule has 2 aliphatic heterocycles. The number of fused-ring (bicyclic) bond motifs is 4. The van der Waals surface area contributed by atoms with E-state index in [1.165, 1.54) is 16.3 Å². The molecule has 1 fully saturated rings. The summed E-state index contributed by atoms with van der Waals surface area (Å²) in [5.41, 5.74) is 6.68. The van der Waals surface area contributed by atoms with E-state index < -0.39 is 5.95 Å². The van der Waals surface area contributed by atoms with Crippen molar-refractivity contribution in [3.8, 4) is 16.9 Å². The normalized spacial score (nSPS) is 22.2. The van der Waals surface area contributed by atoms with Gasteiger partial charge >= 0.3 is 0 Å². The van der Waals surface area contributed by atoms with E-state index in [0.29, 0.717) is 56.1 Å². The van der Waals surface area contributed by atoms with Gasteiger partial charge in [-0.25, -0.2) is 14.7 Å². The topological polar surface area (TPSA) is 78.0 Å². The predicted molar refractivity (Wildman–Crippen MR) is 161 cm³/mol. The molecule has 2 aromatic carbocycles. The van der Waals surface area contributed by atoms with Crippen LogP contribution in [0.2, 0.25) is 15.2 Å². The van der Waals surface area contributed by atoms with E-state index >= 15 is 4.39 Å². The molecule has 2 aliphatic carbocycles. The van der Waals surface area contributed by atoms with E-state index in [0.717, 1.165) is 36.8 Å². The molecule has 1 saturated carbocycles. The van der Waals surface area contributed by atoms with E-state index in [-0.39, 0.29) is 28.6 Å². The summed E-state index contributed by atoms with van der Waals surface area (Å²) in [6.07, 6.45) is 5.20. The second-order valence-corrected chi connectivity index (χ2v) is 12.5. The Kier molecular flexibility index (Phi) is 5.87. The molecule has 4 aromatic rings. The molecule has 7 nitrogen and oxygen atoms in total. The molecule has 0 N–H and O–H groups in total. The Hall–Kier alpha value is -3.59. The maximum absolute atomic E-state index is 15.5. The van der Waals surface area contributed by atoms with Gasteiger partial charge in [-0.15, -0.1) is 5.10 Å². The Morgan fingerprint density at radius 3 is 2.69 bits per heavy atom. The van der Waals surface area contributed by atoms with Gasteiger partial charge in [0.25, 0.3) is 5.56 Å². The molecule has 210 valence electrons. The van der Waals surface area contributed by atoms with Gasteiger partial charge in [-0.2, -0.15) is 4.39 Å². The van der Waals surface area contributed by atoms with Gasteiger partial charge in [-0.1, -0.05) is 64.3 Å². The average Bonchev–Trinajstić information content (AvgIpc) is 3.28. The number of hydrogen-bond acceptors (Lipinski definition) is 5. The third kappa shape index (κ3) is 4.03. The Bertz CT molecular complexity index is 1990. The minimum Gasteiger partial charge on any atom is -0.287 e. The van der Waals surface area contributed by atoms with Gasteiger partial charge in [-0.05, 0) is 60.9 Å². The number of halogens is 4. The quantitative estimate of drug-likeness (QED) is 0.177. The Labute approximate surface area is 255 Å². The largest absolute Gasteiger partial charge is 0.287 e.